The first-order chi connectivity index (χ1) is 8.29. The Morgan fingerprint density at radius 2 is 2.06 bits per heavy atom. The second-order valence-corrected chi connectivity index (χ2v) is 4.04. The molecule has 0 saturated carbocycles. The maximum atomic E-state index is 8.83. The number of rotatable bonds is 4. The Morgan fingerprint density at radius 1 is 1.29 bits per heavy atom. The summed E-state index contributed by atoms with van der Waals surface area (Å²) in [5, 5.41) is 12.0. The van der Waals surface area contributed by atoms with Gasteiger partial charge in [-0.05, 0) is 12.1 Å². The maximum absolute atomic E-state index is 8.83. The lowest BCUT2D eigenvalue weighted by Gasteiger charge is -2.13. The summed E-state index contributed by atoms with van der Waals surface area (Å²) < 4.78 is 11.1. The lowest BCUT2D eigenvalue weighted by atomic mass is 10.2. The van der Waals surface area contributed by atoms with Crippen LogP contribution < -0.4 is 20.5 Å². The summed E-state index contributed by atoms with van der Waals surface area (Å²) >= 11 is 0. The van der Waals surface area contributed by atoms with Gasteiger partial charge in [-0.15, -0.1) is 0 Å². The standard InChI is InChI=1S/C12H18N2O3/c13-9(8-15)7-14-10-2-3-11-12(6-10)17-5-1-4-16-11/h2-3,6,9,14-15H,1,4-5,7-8,13H2. The second-order valence-electron chi connectivity index (χ2n) is 4.04. The average Bonchev–Trinajstić information content (AvgIpc) is 2.60. The molecule has 0 saturated heterocycles. The first-order valence-electron chi connectivity index (χ1n) is 5.79. The third kappa shape index (κ3) is 3.25. The van der Waals surface area contributed by atoms with Crippen molar-refractivity contribution >= 4 is 5.69 Å². The number of ether oxygens (including phenoxy) is 2. The van der Waals surface area contributed by atoms with Gasteiger partial charge in [0, 0.05) is 30.8 Å². The van der Waals surface area contributed by atoms with Crippen molar-refractivity contribution in [3.8, 4) is 11.5 Å². The smallest absolute Gasteiger partial charge is 0.163 e. The lowest BCUT2D eigenvalue weighted by molar-refractivity contribution is 0.270. The van der Waals surface area contributed by atoms with Crippen LogP contribution in [0.2, 0.25) is 0 Å². The van der Waals surface area contributed by atoms with Crippen LogP contribution in [0.3, 0.4) is 0 Å². The van der Waals surface area contributed by atoms with E-state index < -0.39 is 0 Å². The summed E-state index contributed by atoms with van der Waals surface area (Å²) in [6.45, 7) is 1.86. The number of fused-ring (bicyclic) bond motifs is 1. The minimum Gasteiger partial charge on any atom is -0.490 e. The van der Waals surface area contributed by atoms with Crippen molar-refractivity contribution in [2.75, 3.05) is 31.7 Å². The Kier molecular flexibility index (Phi) is 4.06. The highest BCUT2D eigenvalue weighted by Gasteiger charge is 2.10. The number of anilines is 1. The summed E-state index contributed by atoms with van der Waals surface area (Å²) in [4.78, 5) is 0. The minimum absolute atomic E-state index is 0.0302. The van der Waals surface area contributed by atoms with Crippen LogP contribution in [0, 0.1) is 0 Å². The second kappa shape index (κ2) is 5.75. The van der Waals surface area contributed by atoms with E-state index in [1.54, 1.807) is 0 Å². The van der Waals surface area contributed by atoms with Gasteiger partial charge in [0.2, 0.25) is 0 Å². The molecule has 0 amide bonds. The van der Waals surface area contributed by atoms with E-state index >= 15 is 0 Å². The first kappa shape index (κ1) is 12.0. The molecule has 1 aliphatic rings. The van der Waals surface area contributed by atoms with Gasteiger partial charge >= 0.3 is 0 Å². The zero-order chi connectivity index (χ0) is 12.1. The molecule has 0 radical (unpaired) electrons. The third-order valence-corrected chi connectivity index (χ3v) is 2.55. The summed E-state index contributed by atoms with van der Waals surface area (Å²) in [6.07, 6.45) is 0.896. The van der Waals surface area contributed by atoms with E-state index in [0.29, 0.717) is 19.8 Å². The molecule has 4 N–H and O–H groups in total. The molecule has 17 heavy (non-hydrogen) atoms. The fourth-order valence-corrected chi connectivity index (χ4v) is 1.59. The average molecular weight is 238 g/mol. The number of hydrogen-bond donors (Lipinski definition) is 3. The highest BCUT2D eigenvalue weighted by Crippen LogP contribution is 2.32. The highest BCUT2D eigenvalue weighted by atomic mass is 16.5. The van der Waals surface area contributed by atoms with Gasteiger partial charge in [0.15, 0.2) is 11.5 Å². The van der Waals surface area contributed by atoms with Gasteiger partial charge in [0.1, 0.15) is 0 Å². The Hall–Kier alpha value is -1.46. The van der Waals surface area contributed by atoms with Crippen molar-refractivity contribution in [2.24, 2.45) is 5.73 Å². The predicted molar refractivity (Wildman–Crippen MR) is 65.6 cm³/mol. The Bertz CT molecular complexity index is 371. The fraction of sp³-hybridized carbons (Fsp3) is 0.500. The summed E-state index contributed by atoms with van der Waals surface area (Å²) in [5.74, 6) is 1.53. The van der Waals surface area contributed by atoms with Crippen LogP contribution in [0.4, 0.5) is 5.69 Å². The van der Waals surface area contributed by atoms with Crippen molar-refractivity contribution in [3.63, 3.8) is 0 Å². The van der Waals surface area contributed by atoms with Crippen LogP contribution in [0.5, 0.6) is 11.5 Å². The predicted octanol–water partition coefficient (Wildman–Crippen LogP) is 0.579. The van der Waals surface area contributed by atoms with Gasteiger partial charge < -0.3 is 25.6 Å². The van der Waals surface area contributed by atoms with E-state index in [1.165, 1.54) is 0 Å². The van der Waals surface area contributed by atoms with Gasteiger partial charge in [0.05, 0.1) is 19.8 Å². The summed E-state index contributed by atoms with van der Waals surface area (Å²) in [6, 6.07) is 5.43. The first-order valence-corrected chi connectivity index (χ1v) is 5.79. The van der Waals surface area contributed by atoms with Gasteiger partial charge in [-0.1, -0.05) is 0 Å². The minimum atomic E-state index is -0.258. The van der Waals surface area contributed by atoms with E-state index in [-0.39, 0.29) is 12.6 Å². The number of nitrogens with one attached hydrogen (secondary N) is 1. The van der Waals surface area contributed by atoms with Crippen molar-refractivity contribution in [2.45, 2.75) is 12.5 Å². The van der Waals surface area contributed by atoms with Gasteiger partial charge in [-0.25, -0.2) is 0 Å². The van der Waals surface area contributed by atoms with Gasteiger partial charge in [-0.2, -0.15) is 0 Å². The molecule has 1 aromatic rings. The molecule has 0 spiro atoms. The molecule has 1 aliphatic heterocycles. The Morgan fingerprint density at radius 3 is 2.82 bits per heavy atom. The van der Waals surface area contributed by atoms with Crippen LogP contribution in [0.15, 0.2) is 18.2 Å². The molecule has 2 rings (SSSR count). The molecule has 5 heteroatoms. The molecule has 0 aromatic heterocycles. The molecular weight excluding hydrogens is 220 g/mol. The van der Waals surface area contributed by atoms with Crippen LogP contribution in [-0.2, 0) is 0 Å². The SMILES string of the molecule is NC(CO)CNc1ccc2c(c1)OCCCO2. The zero-order valence-corrected chi connectivity index (χ0v) is 9.69. The van der Waals surface area contributed by atoms with Crippen LogP contribution in [0.25, 0.3) is 0 Å². The molecule has 1 unspecified atom stereocenters. The van der Waals surface area contributed by atoms with E-state index in [1.807, 2.05) is 18.2 Å². The Balaban J connectivity index is 2.02. The van der Waals surface area contributed by atoms with Crippen LogP contribution in [-0.4, -0.2) is 37.5 Å². The normalized spacial score (nSPS) is 16.1. The molecule has 1 atom stereocenters. The number of hydrogen-bond acceptors (Lipinski definition) is 5. The van der Waals surface area contributed by atoms with Crippen molar-refractivity contribution < 1.29 is 14.6 Å². The van der Waals surface area contributed by atoms with Crippen LogP contribution in [0.1, 0.15) is 6.42 Å². The zero-order valence-electron chi connectivity index (χ0n) is 9.69. The molecule has 94 valence electrons. The Labute approximate surface area is 101 Å². The topological polar surface area (TPSA) is 76.7 Å². The van der Waals surface area contributed by atoms with Crippen molar-refractivity contribution in [1.29, 1.82) is 0 Å². The highest BCUT2D eigenvalue weighted by molar-refractivity contribution is 5.55. The molecule has 0 bridgehead atoms. The molecular formula is C12H18N2O3. The maximum Gasteiger partial charge on any atom is 0.163 e. The molecule has 0 aliphatic carbocycles. The monoisotopic (exact) mass is 238 g/mol. The fourth-order valence-electron chi connectivity index (χ4n) is 1.59. The van der Waals surface area contributed by atoms with Gasteiger partial charge in [-0.3, -0.25) is 0 Å². The van der Waals surface area contributed by atoms with Gasteiger partial charge in [0.25, 0.3) is 0 Å². The number of benzene rings is 1. The van der Waals surface area contributed by atoms with E-state index in [2.05, 4.69) is 5.32 Å². The van der Waals surface area contributed by atoms with Crippen LogP contribution >= 0.6 is 0 Å². The largest absolute Gasteiger partial charge is 0.490 e. The number of nitrogens with two attached hydrogens (primary N) is 1. The van der Waals surface area contributed by atoms with E-state index in [0.717, 1.165) is 23.6 Å². The number of aliphatic hydroxyl groups is 1. The lowest BCUT2D eigenvalue weighted by Crippen LogP contribution is -2.32. The molecule has 5 nitrogen and oxygen atoms in total. The van der Waals surface area contributed by atoms with E-state index in [4.69, 9.17) is 20.3 Å². The molecule has 1 heterocycles. The summed E-state index contributed by atoms with van der Waals surface area (Å²) in [7, 11) is 0. The van der Waals surface area contributed by atoms with E-state index in [9.17, 15) is 0 Å². The quantitative estimate of drug-likeness (QED) is 0.715. The summed E-state index contributed by atoms with van der Waals surface area (Å²) in [5.41, 5.74) is 6.53. The molecule has 1 aromatic carbocycles. The van der Waals surface area contributed by atoms with Crippen molar-refractivity contribution in [3.05, 3.63) is 18.2 Å². The number of aliphatic hydroxyl groups excluding tert-OH is 1. The third-order valence-electron chi connectivity index (χ3n) is 2.55. The molecule has 0 fully saturated rings. The van der Waals surface area contributed by atoms with Crippen molar-refractivity contribution in [1.82, 2.24) is 0 Å².